The molecule has 0 bridgehead atoms. The van der Waals surface area contributed by atoms with E-state index >= 15 is 0 Å². The Labute approximate surface area is 145 Å². The Morgan fingerprint density at radius 3 is 2.42 bits per heavy atom. The van der Waals surface area contributed by atoms with E-state index in [1.807, 2.05) is 53.1 Å². The summed E-state index contributed by atoms with van der Waals surface area (Å²) in [5, 5.41) is 5.83. The number of nitrogens with one attached hydrogen (secondary N) is 2. The Hall–Kier alpha value is -1.88. The molecule has 1 rings (SSSR count). The zero-order valence-corrected chi connectivity index (χ0v) is 15.6. The van der Waals surface area contributed by atoms with Crippen LogP contribution in [0.2, 0.25) is 0 Å². The third-order valence-electron chi connectivity index (χ3n) is 3.80. The Kier molecular flexibility index (Phi) is 8.47. The van der Waals surface area contributed by atoms with Crippen LogP contribution < -0.4 is 10.6 Å². The fraction of sp³-hybridized carbons (Fsp3) is 0.579. The van der Waals surface area contributed by atoms with Crippen molar-refractivity contribution in [2.45, 2.75) is 39.7 Å². The number of hydrogen-bond acceptors (Lipinski definition) is 3. The first-order chi connectivity index (χ1) is 11.3. The van der Waals surface area contributed by atoms with Crippen molar-refractivity contribution in [1.82, 2.24) is 15.5 Å². The molecule has 2 N–H and O–H groups in total. The lowest BCUT2D eigenvalue weighted by Gasteiger charge is -2.21. The summed E-state index contributed by atoms with van der Waals surface area (Å²) in [5.41, 5.74) is 1.52. The third-order valence-corrected chi connectivity index (χ3v) is 3.80. The molecule has 0 aromatic heterocycles. The predicted octanol–water partition coefficient (Wildman–Crippen LogP) is 2.21. The summed E-state index contributed by atoms with van der Waals surface area (Å²) < 4.78 is 0. The van der Waals surface area contributed by atoms with Crippen molar-refractivity contribution in [2.24, 2.45) is 5.92 Å². The Balaban J connectivity index is 2.66. The van der Waals surface area contributed by atoms with Crippen LogP contribution in [0.4, 0.5) is 0 Å². The van der Waals surface area contributed by atoms with Gasteiger partial charge in [-0.3, -0.25) is 9.59 Å². The van der Waals surface area contributed by atoms with Crippen LogP contribution in [0.1, 0.15) is 42.6 Å². The minimum atomic E-state index is -0.503. The topological polar surface area (TPSA) is 61.4 Å². The lowest BCUT2D eigenvalue weighted by Crippen LogP contribution is -2.48. The first kappa shape index (κ1) is 20.2. The molecule has 2 amide bonds. The van der Waals surface area contributed by atoms with Gasteiger partial charge in [-0.15, -0.1) is 0 Å². The van der Waals surface area contributed by atoms with E-state index in [0.29, 0.717) is 24.4 Å². The average molecular weight is 333 g/mol. The average Bonchev–Trinajstić information content (AvgIpc) is 2.50. The van der Waals surface area contributed by atoms with Gasteiger partial charge in [-0.25, -0.2) is 0 Å². The molecule has 0 fully saturated rings. The van der Waals surface area contributed by atoms with Gasteiger partial charge in [0.15, 0.2) is 0 Å². The summed E-state index contributed by atoms with van der Waals surface area (Å²) in [6.07, 6.45) is 1.51. The molecule has 1 atom stereocenters. The molecule has 0 spiro atoms. The molecule has 0 aliphatic heterocycles. The van der Waals surface area contributed by atoms with Crippen LogP contribution in [-0.4, -0.2) is 49.9 Å². The SMILES string of the molecule is Cc1ccccc1C(=O)NC(CC(C)C)C(=O)NCCCN(C)C. The number of nitrogens with zero attached hydrogens (tertiary/aromatic N) is 1. The first-order valence-corrected chi connectivity index (χ1v) is 8.60. The molecule has 0 saturated carbocycles. The second-order valence-corrected chi connectivity index (χ2v) is 6.92. The largest absolute Gasteiger partial charge is 0.354 e. The lowest BCUT2D eigenvalue weighted by atomic mass is 10.0. The van der Waals surface area contributed by atoms with Crippen LogP contribution in [0, 0.1) is 12.8 Å². The summed E-state index contributed by atoms with van der Waals surface area (Å²) in [6.45, 7) is 7.53. The van der Waals surface area contributed by atoms with Gasteiger partial charge < -0.3 is 15.5 Å². The van der Waals surface area contributed by atoms with Crippen molar-refractivity contribution < 1.29 is 9.59 Å². The van der Waals surface area contributed by atoms with E-state index in [1.165, 1.54) is 0 Å². The standard InChI is InChI=1S/C19H31N3O2/c1-14(2)13-17(19(24)20-11-8-12-22(4)5)21-18(23)16-10-7-6-9-15(16)3/h6-7,9-10,14,17H,8,11-13H2,1-5H3,(H,20,24)(H,21,23). The third kappa shape index (κ3) is 7.13. The van der Waals surface area contributed by atoms with Gasteiger partial charge in [0.05, 0.1) is 0 Å². The molecular formula is C19H31N3O2. The summed E-state index contributed by atoms with van der Waals surface area (Å²) in [5.74, 6) is 0.0197. The highest BCUT2D eigenvalue weighted by Crippen LogP contribution is 2.10. The minimum Gasteiger partial charge on any atom is -0.354 e. The molecule has 5 heteroatoms. The highest BCUT2D eigenvalue weighted by atomic mass is 16.2. The number of amides is 2. The quantitative estimate of drug-likeness (QED) is 0.681. The number of benzene rings is 1. The number of carbonyl (C=O) groups is 2. The molecule has 1 aromatic rings. The van der Waals surface area contributed by atoms with Crippen molar-refractivity contribution >= 4 is 11.8 Å². The van der Waals surface area contributed by atoms with E-state index in [9.17, 15) is 9.59 Å². The number of aryl methyl sites for hydroxylation is 1. The van der Waals surface area contributed by atoms with Crippen molar-refractivity contribution in [2.75, 3.05) is 27.2 Å². The maximum atomic E-state index is 12.5. The number of hydrogen-bond donors (Lipinski definition) is 2. The molecule has 0 aliphatic rings. The fourth-order valence-electron chi connectivity index (χ4n) is 2.50. The normalized spacial score (nSPS) is 12.3. The summed E-state index contributed by atoms with van der Waals surface area (Å²) in [4.78, 5) is 27.0. The summed E-state index contributed by atoms with van der Waals surface area (Å²) in [6, 6.07) is 6.91. The molecular weight excluding hydrogens is 302 g/mol. The molecule has 0 saturated heterocycles. The second-order valence-electron chi connectivity index (χ2n) is 6.92. The van der Waals surface area contributed by atoms with E-state index < -0.39 is 6.04 Å². The van der Waals surface area contributed by atoms with E-state index in [1.54, 1.807) is 6.07 Å². The molecule has 1 aromatic carbocycles. The smallest absolute Gasteiger partial charge is 0.252 e. The fourth-order valence-corrected chi connectivity index (χ4v) is 2.50. The Morgan fingerprint density at radius 1 is 1.17 bits per heavy atom. The second kappa shape index (κ2) is 10.1. The van der Waals surface area contributed by atoms with Crippen LogP contribution in [0.15, 0.2) is 24.3 Å². The van der Waals surface area contributed by atoms with Gasteiger partial charge in [0.2, 0.25) is 5.91 Å². The molecule has 0 aliphatic carbocycles. The van der Waals surface area contributed by atoms with Gasteiger partial charge >= 0.3 is 0 Å². The maximum absolute atomic E-state index is 12.5. The zero-order valence-electron chi connectivity index (χ0n) is 15.6. The van der Waals surface area contributed by atoms with Gasteiger partial charge in [0.25, 0.3) is 5.91 Å². The molecule has 24 heavy (non-hydrogen) atoms. The highest BCUT2D eigenvalue weighted by molar-refractivity contribution is 5.98. The molecule has 0 heterocycles. The predicted molar refractivity (Wildman–Crippen MR) is 98.1 cm³/mol. The van der Waals surface area contributed by atoms with Crippen LogP contribution in [0.3, 0.4) is 0 Å². The van der Waals surface area contributed by atoms with Gasteiger partial charge in [0.1, 0.15) is 6.04 Å². The van der Waals surface area contributed by atoms with Crippen molar-refractivity contribution in [3.8, 4) is 0 Å². The zero-order chi connectivity index (χ0) is 18.1. The Morgan fingerprint density at radius 2 is 1.83 bits per heavy atom. The van der Waals surface area contributed by atoms with Crippen LogP contribution in [0.25, 0.3) is 0 Å². The van der Waals surface area contributed by atoms with Gasteiger partial charge in [-0.05, 0) is 58.0 Å². The Bertz CT molecular complexity index is 541. The molecule has 0 radical (unpaired) electrons. The van der Waals surface area contributed by atoms with Gasteiger partial charge in [-0.2, -0.15) is 0 Å². The van der Waals surface area contributed by atoms with Gasteiger partial charge in [0, 0.05) is 12.1 Å². The molecule has 5 nitrogen and oxygen atoms in total. The minimum absolute atomic E-state index is 0.107. The summed E-state index contributed by atoms with van der Waals surface area (Å²) >= 11 is 0. The van der Waals surface area contributed by atoms with Crippen molar-refractivity contribution in [3.05, 3.63) is 35.4 Å². The van der Waals surface area contributed by atoms with Gasteiger partial charge in [-0.1, -0.05) is 32.0 Å². The van der Waals surface area contributed by atoms with Crippen molar-refractivity contribution in [1.29, 1.82) is 0 Å². The molecule has 1 unspecified atom stereocenters. The number of rotatable bonds is 9. The lowest BCUT2D eigenvalue weighted by molar-refractivity contribution is -0.123. The monoisotopic (exact) mass is 333 g/mol. The molecule has 134 valence electrons. The van der Waals surface area contributed by atoms with E-state index in [2.05, 4.69) is 15.5 Å². The maximum Gasteiger partial charge on any atom is 0.252 e. The van der Waals surface area contributed by atoms with E-state index in [4.69, 9.17) is 0 Å². The van der Waals surface area contributed by atoms with Crippen LogP contribution in [-0.2, 0) is 4.79 Å². The highest BCUT2D eigenvalue weighted by Gasteiger charge is 2.22. The number of carbonyl (C=O) groups excluding carboxylic acids is 2. The van der Waals surface area contributed by atoms with Crippen LogP contribution in [0.5, 0.6) is 0 Å². The van der Waals surface area contributed by atoms with Crippen LogP contribution >= 0.6 is 0 Å². The first-order valence-electron chi connectivity index (χ1n) is 8.60. The summed E-state index contributed by atoms with van der Waals surface area (Å²) in [7, 11) is 4.01. The van der Waals surface area contributed by atoms with E-state index in [0.717, 1.165) is 18.5 Å². The van der Waals surface area contributed by atoms with Crippen molar-refractivity contribution in [3.63, 3.8) is 0 Å². The van der Waals surface area contributed by atoms with E-state index in [-0.39, 0.29) is 11.8 Å².